The van der Waals surface area contributed by atoms with Crippen LogP contribution < -0.4 is 5.32 Å². The van der Waals surface area contributed by atoms with Crippen LogP contribution in [0.15, 0.2) is 24.3 Å². The van der Waals surface area contributed by atoms with Crippen LogP contribution in [0, 0.1) is 0 Å². The smallest absolute Gasteiger partial charge is 0.0834 e. The van der Waals surface area contributed by atoms with Crippen LogP contribution >= 0.6 is 11.6 Å². The van der Waals surface area contributed by atoms with Crippen molar-refractivity contribution in [2.24, 2.45) is 0 Å². The monoisotopic (exact) mass is 295 g/mol. The average Bonchev–Trinajstić information content (AvgIpc) is 2.93. The predicted octanol–water partition coefficient (Wildman–Crippen LogP) is 4.21. The Morgan fingerprint density at radius 1 is 1.35 bits per heavy atom. The Hall–Kier alpha value is -0.570. The highest BCUT2D eigenvalue weighted by molar-refractivity contribution is 6.30. The van der Waals surface area contributed by atoms with E-state index in [-0.39, 0.29) is 5.60 Å². The first-order chi connectivity index (χ1) is 9.70. The van der Waals surface area contributed by atoms with Crippen LogP contribution in [0.25, 0.3) is 0 Å². The van der Waals surface area contributed by atoms with E-state index < -0.39 is 0 Å². The van der Waals surface area contributed by atoms with Gasteiger partial charge < -0.3 is 10.1 Å². The molecular formula is C17H26ClNO. The van der Waals surface area contributed by atoms with Crippen LogP contribution in [-0.2, 0) is 11.2 Å². The van der Waals surface area contributed by atoms with Crippen molar-refractivity contribution in [1.29, 1.82) is 0 Å². The van der Waals surface area contributed by atoms with Crippen LogP contribution in [0.1, 0.15) is 44.6 Å². The van der Waals surface area contributed by atoms with Crippen molar-refractivity contribution >= 4 is 11.6 Å². The van der Waals surface area contributed by atoms with E-state index in [1.165, 1.54) is 18.4 Å². The summed E-state index contributed by atoms with van der Waals surface area (Å²) in [5, 5.41) is 4.52. The summed E-state index contributed by atoms with van der Waals surface area (Å²) in [6, 6.07) is 8.56. The maximum absolute atomic E-state index is 6.11. The Morgan fingerprint density at radius 2 is 2.10 bits per heavy atom. The van der Waals surface area contributed by atoms with Gasteiger partial charge in [0.1, 0.15) is 0 Å². The zero-order valence-corrected chi connectivity index (χ0v) is 13.4. The Kier molecular flexibility index (Phi) is 5.88. The number of methoxy groups -OCH3 is 1. The summed E-state index contributed by atoms with van der Waals surface area (Å²) in [6.07, 6.45) is 6.98. The summed E-state index contributed by atoms with van der Waals surface area (Å²) >= 11 is 6.11. The molecule has 0 radical (unpaired) electrons. The Labute approximate surface area is 127 Å². The van der Waals surface area contributed by atoms with Crippen LogP contribution in [0.3, 0.4) is 0 Å². The Bertz CT molecular complexity index is 415. The molecule has 0 aliphatic heterocycles. The molecule has 0 amide bonds. The molecule has 2 nitrogen and oxygen atoms in total. The maximum atomic E-state index is 6.11. The normalized spacial score (nSPS) is 19.1. The van der Waals surface area contributed by atoms with Gasteiger partial charge in [-0.15, -0.1) is 0 Å². The van der Waals surface area contributed by atoms with Gasteiger partial charge in [-0.3, -0.25) is 0 Å². The molecule has 0 aromatic heterocycles. The molecule has 0 spiro atoms. The molecule has 112 valence electrons. The first-order valence-corrected chi connectivity index (χ1v) is 8.11. The van der Waals surface area contributed by atoms with Crippen molar-refractivity contribution in [3.05, 3.63) is 34.9 Å². The lowest BCUT2D eigenvalue weighted by atomic mass is 9.87. The summed E-state index contributed by atoms with van der Waals surface area (Å²) in [5.41, 5.74) is 1.28. The molecule has 20 heavy (non-hydrogen) atoms. The van der Waals surface area contributed by atoms with Gasteiger partial charge in [0.15, 0.2) is 0 Å². The summed E-state index contributed by atoms with van der Waals surface area (Å²) in [5.74, 6) is 0. The second-order valence-corrected chi connectivity index (χ2v) is 6.25. The summed E-state index contributed by atoms with van der Waals surface area (Å²) in [4.78, 5) is 0. The molecule has 1 aliphatic rings. The van der Waals surface area contributed by atoms with E-state index in [0.29, 0.717) is 6.04 Å². The number of hydrogen-bond donors (Lipinski definition) is 1. The highest BCUT2D eigenvalue weighted by Gasteiger charge is 2.41. The number of rotatable bonds is 7. The van der Waals surface area contributed by atoms with E-state index in [4.69, 9.17) is 16.3 Å². The van der Waals surface area contributed by atoms with Crippen LogP contribution in [0.4, 0.5) is 0 Å². The van der Waals surface area contributed by atoms with E-state index in [1.54, 1.807) is 0 Å². The minimum atomic E-state index is -0.00249. The molecule has 1 saturated carbocycles. The molecule has 1 fully saturated rings. The minimum absolute atomic E-state index is 0.00249. The predicted molar refractivity (Wildman–Crippen MR) is 85.4 cm³/mol. The first kappa shape index (κ1) is 15.8. The third kappa shape index (κ3) is 3.75. The maximum Gasteiger partial charge on any atom is 0.0834 e. The van der Waals surface area contributed by atoms with Crippen molar-refractivity contribution in [1.82, 2.24) is 5.32 Å². The molecule has 1 aromatic carbocycles. The fraction of sp³-hybridized carbons (Fsp3) is 0.647. The van der Waals surface area contributed by atoms with E-state index in [2.05, 4.69) is 24.4 Å². The number of hydrogen-bond acceptors (Lipinski definition) is 2. The molecule has 1 atom stereocenters. The SMILES string of the molecule is CCCNC(Cc1cccc(Cl)c1)C1(OC)CCCC1. The largest absolute Gasteiger partial charge is 0.377 e. The quantitative estimate of drug-likeness (QED) is 0.813. The topological polar surface area (TPSA) is 21.3 Å². The van der Waals surface area contributed by atoms with Gasteiger partial charge in [-0.1, -0.05) is 43.5 Å². The fourth-order valence-corrected chi connectivity index (χ4v) is 3.54. The van der Waals surface area contributed by atoms with E-state index >= 15 is 0 Å². The van der Waals surface area contributed by atoms with Gasteiger partial charge in [-0.25, -0.2) is 0 Å². The zero-order chi connectivity index (χ0) is 14.4. The molecule has 1 aliphatic carbocycles. The Morgan fingerprint density at radius 3 is 2.70 bits per heavy atom. The second-order valence-electron chi connectivity index (χ2n) is 5.82. The van der Waals surface area contributed by atoms with Crippen molar-refractivity contribution < 1.29 is 4.74 Å². The van der Waals surface area contributed by atoms with Gasteiger partial charge >= 0.3 is 0 Å². The standard InChI is InChI=1S/C17H26ClNO/c1-3-11-19-16(17(20-2)9-4-5-10-17)13-14-7-6-8-15(18)12-14/h6-8,12,16,19H,3-5,9-11,13H2,1-2H3. The molecule has 1 unspecified atom stereocenters. The molecule has 0 heterocycles. The number of nitrogens with one attached hydrogen (secondary N) is 1. The van der Waals surface area contributed by atoms with Gasteiger partial charge in [0, 0.05) is 18.2 Å². The lowest BCUT2D eigenvalue weighted by Gasteiger charge is -2.37. The highest BCUT2D eigenvalue weighted by atomic mass is 35.5. The molecule has 1 aromatic rings. The lowest BCUT2D eigenvalue weighted by molar-refractivity contribution is -0.0354. The fourth-order valence-electron chi connectivity index (χ4n) is 3.33. The number of benzene rings is 1. The number of halogens is 1. The van der Waals surface area contributed by atoms with E-state index in [0.717, 1.165) is 37.3 Å². The van der Waals surface area contributed by atoms with Gasteiger partial charge in [-0.05, 0) is 49.9 Å². The molecule has 1 N–H and O–H groups in total. The van der Waals surface area contributed by atoms with E-state index in [1.807, 2.05) is 19.2 Å². The Balaban J connectivity index is 2.14. The van der Waals surface area contributed by atoms with Crippen molar-refractivity contribution in [3.63, 3.8) is 0 Å². The summed E-state index contributed by atoms with van der Waals surface area (Å²) < 4.78 is 5.96. The van der Waals surface area contributed by atoms with Gasteiger partial charge in [0.2, 0.25) is 0 Å². The number of ether oxygens (including phenoxy) is 1. The van der Waals surface area contributed by atoms with Crippen LogP contribution in [0.2, 0.25) is 5.02 Å². The first-order valence-electron chi connectivity index (χ1n) is 7.73. The van der Waals surface area contributed by atoms with Crippen molar-refractivity contribution in [2.45, 2.75) is 57.1 Å². The van der Waals surface area contributed by atoms with Crippen LogP contribution in [0.5, 0.6) is 0 Å². The van der Waals surface area contributed by atoms with Gasteiger partial charge in [0.05, 0.1) is 5.60 Å². The third-order valence-corrected chi connectivity index (χ3v) is 4.70. The summed E-state index contributed by atoms with van der Waals surface area (Å²) in [6.45, 7) is 3.24. The minimum Gasteiger partial charge on any atom is -0.377 e. The van der Waals surface area contributed by atoms with Crippen molar-refractivity contribution in [3.8, 4) is 0 Å². The molecule has 3 heteroatoms. The van der Waals surface area contributed by atoms with Crippen molar-refractivity contribution in [2.75, 3.05) is 13.7 Å². The second kappa shape index (κ2) is 7.44. The third-order valence-electron chi connectivity index (χ3n) is 4.46. The highest BCUT2D eigenvalue weighted by Crippen LogP contribution is 2.37. The van der Waals surface area contributed by atoms with Gasteiger partial charge in [0.25, 0.3) is 0 Å². The lowest BCUT2D eigenvalue weighted by Crippen LogP contribution is -2.52. The molecule has 0 bridgehead atoms. The average molecular weight is 296 g/mol. The van der Waals surface area contributed by atoms with Crippen LogP contribution in [-0.4, -0.2) is 25.3 Å². The molecule has 0 saturated heterocycles. The van der Waals surface area contributed by atoms with E-state index in [9.17, 15) is 0 Å². The zero-order valence-electron chi connectivity index (χ0n) is 12.6. The molecule has 2 rings (SSSR count). The summed E-state index contributed by atoms with van der Waals surface area (Å²) in [7, 11) is 1.86. The van der Waals surface area contributed by atoms with Gasteiger partial charge in [-0.2, -0.15) is 0 Å². The molecular weight excluding hydrogens is 270 g/mol.